The highest BCUT2D eigenvalue weighted by atomic mass is 35.5. The summed E-state index contributed by atoms with van der Waals surface area (Å²) < 4.78 is 66.2. The minimum atomic E-state index is -4.38. The Kier molecular flexibility index (Phi) is 7.39. The second-order valence-corrected chi connectivity index (χ2v) is 10.9. The lowest BCUT2D eigenvalue weighted by Crippen LogP contribution is -2.33. The molecule has 3 rings (SSSR count). The van der Waals surface area contributed by atoms with Crippen molar-refractivity contribution in [1.29, 1.82) is 0 Å². The van der Waals surface area contributed by atoms with Gasteiger partial charge >= 0.3 is 7.60 Å². The molecule has 3 aromatic carbocycles. The predicted octanol–water partition coefficient (Wildman–Crippen LogP) is 6.05. The molecule has 31 heavy (non-hydrogen) atoms. The van der Waals surface area contributed by atoms with Gasteiger partial charge in [0, 0.05) is 10.4 Å². The van der Waals surface area contributed by atoms with Crippen LogP contribution < -0.4 is 4.31 Å². The van der Waals surface area contributed by atoms with Gasteiger partial charge in [-0.3, -0.25) is 8.87 Å². The average molecular weight is 486 g/mol. The van der Waals surface area contributed by atoms with Crippen molar-refractivity contribution in [2.45, 2.75) is 18.7 Å². The summed E-state index contributed by atoms with van der Waals surface area (Å²) >= 11 is 5.91. The lowest BCUT2D eigenvalue weighted by atomic mass is 10.1. The number of sulfonamides is 1. The maximum absolute atomic E-state index is 14.0. The molecule has 0 spiro atoms. The molecule has 0 saturated carbocycles. The van der Waals surface area contributed by atoms with Crippen LogP contribution in [-0.4, -0.2) is 27.9 Å². The molecule has 0 unspecified atom stereocenters. The van der Waals surface area contributed by atoms with Crippen molar-refractivity contribution in [2.75, 3.05) is 23.8 Å². The third-order valence-corrected chi connectivity index (χ3v) is 8.49. The number of hydrogen-bond donors (Lipinski definition) is 0. The number of hydrogen-bond acceptors (Lipinski definition) is 5. The fourth-order valence-electron chi connectivity index (χ4n) is 3.18. The van der Waals surface area contributed by atoms with Crippen molar-refractivity contribution < 1.29 is 26.4 Å². The second-order valence-electron chi connectivity index (χ2n) is 6.54. The van der Waals surface area contributed by atoms with Gasteiger partial charge in [0.2, 0.25) is 0 Å². The minimum absolute atomic E-state index is 0.0620. The lowest BCUT2D eigenvalue weighted by molar-refractivity contribution is 0.221. The quantitative estimate of drug-likeness (QED) is 0.345. The molecule has 0 radical (unpaired) electrons. The maximum atomic E-state index is 14.0. The average Bonchev–Trinajstić information content (AvgIpc) is 2.71. The Morgan fingerprint density at radius 1 is 1.00 bits per heavy atom. The van der Waals surface area contributed by atoms with Crippen LogP contribution in [0.3, 0.4) is 0 Å². The molecule has 0 N–H and O–H groups in total. The van der Waals surface area contributed by atoms with E-state index in [1.54, 1.807) is 38.1 Å². The Balaban J connectivity index is 2.24. The summed E-state index contributed by atoms with van der Waals surface area (Å²) in [5.74, 6) is -0.804. The van der Waals surface area contributed by atoms with E-state index >= 15 is 0 Å². The highest BCUT2D eigenvalue weighted by molar-refractivity contribution is 7.93. The van der Waals surface area contributed by atoms with Gasteiger partial charge in [-0.25, -0.2) is 12.8 Å². The Morgan fingerprint density at radius 3 is 2.29 bits per heavy atom. The molecule has 166 valence electrons. The Bertz CT molecular complexity index is 1200. The van der Waals surface area contributed by atoms with Gasteiger partial charge < -0.3 is 9.05 Å². The van der Waals surface area contributed by atoms with E-state index in [1.165, 1.54) is 0 Å². The molecule has 0 aliphatic heterocycles. The molecular formula is C21H22ClFNO5PS. The number of fused-ring (bicyclic) bond motifs is 1. The van der Waals surface area contributed by atoms with Crippen LogP contribution in [0.1, 0.15) is 13.8 Å². The Labute approximate surface area is 186 Å². The van der Waals surface area contributed by atoms with E-state index in [-0.39, 0.29) is 28.8 Å². The van der Waals surface area contributed by atoms with E-state index in [4.69, 9.17) is 20.6 Å². The number of rotatable bonds is 9. The first-order chi connectivity index (χ1) is 14.7. The molecule has 0 atom stereocenters. The van der Waals surface area contributed by atoms with E-state index < -0.39 is 29.7 Å². The molecule has 6 nitrogen and oxygen atoms in total. The summed E-state index contributed by atoms with van der Waals surface area (Å²) in [7, 11) is -8.22. The molecule has 10 heteroatoms. The summed E-state index contributed by atoms with van der Waals surface area (Å²) in [6.45, 7) is 3.39. The van der Waals surface area contributed by atoms with Gasteiger partial charge in [0.1, 0.15) is 12.1 Å². The molecular weight excluding hydrogens is 464 g/mol. The van der Waals surface area contributed by atoms with Crippen molar-refractivity contribution in [2.24, 2.45) is 0 Å². The van der Waals surface area contributed by atoms with Crippen molar-refractivity contribution in [3.05, 3.63) is 71.5 Å². The van der Waals surface area contributed by atoms with E-state index in [2.05, 4.69) is 0 Å². The molecule has 0 aliphatic carbocycles. The van der Waals surface area contributed by atoms with E-state index in [0.717, 1.165) is 27.9 Å². The molecule has 3 aromatic rings. The van der Waals surface area contributed by atoms with Crippen molar-refractivity contribution >= 4 is 45.7 Å². The van der Waals surface area contributed by atoms with Crippen molar-refractivity contribution in [1.82, 2.24) is 0 Å². The fourth-order valence-corrected chi connectivity index (χ4v) is 7.20. The normalized spacial score (nSPS) is 12.3. The highest BCUT2D eigenvalue weighted by Gasteiger charge is 2.36. The van der Waals surface area contributed by atoms with E-state index in [9.17, 15) is 17.4 Å². The standard InChI is InChI=1S/C21H22ClFNO5PS/c1-3-28-30(25,29-4-2)15-24(21-11-7-9-16-8-5-6-10-20(16)21)31(26,27)19-13-17(22)12-18(23)14-19/h5-14H,3-4,15H2,1-2H3. The van der Waals surface area contributed by atoms with Crippen molar-refractivity contribution in [3.8, 4) is 0 Å². The number of benzene rings is 3. The Hall–Kier alpha value is -1.96. The minimum Gasteiger partial charge on any atom is -0.308 e. The van der Waals surface area contributed by atoms with Crippen LogP contribution in [-0.2, 0) is 23.6 Å². The molecule has 0 amide bonds. The van der Waals surface area contributed by atoms with Gasteiger partial charge in [-0.2, -0.15) is 0 Å². The first kappa shape index (κ1) is 23.7. The SMILES string of the molecule is CCOP(=O)(CN(c1cccc2ccccc12)S(=O)(=O)c1cc(F)cc(Cl)c1)OCC. The van der Waals surface area contributed by atoms with E-state index in [1.807, 2.05) is 18.2 Å². The largest absolute Gasteiger partial charge is 0.350 e. The van der Waals surface area contributed by atoms with Crippen LogP contribution in [0.5, 0.6) is 0 Å². The second kappa shape index (κ2) is 9.67. The number of anilines is 1. The fraction of sp³-hybridized carbons (Fsp3) is 0.238. The van der Waals surface area contributed by atoms with Gasteiger partial charge in [-0.1, -0.05) is 48.0 Å². The summed E-state index contributed by atoms with van der Waals surface area (Å²) in [4.78, 5) is -0.370. The van der Waals surface area contributed by atoms with Crippen LogP contribution in [0.2, 0.25) is 5.02 Å². The molecule has 0 aromatic heterocycles. The van der Waals surface area contributed by atoms with Gasteiger partial charge in [0.25, 0.3) is 10.0 Å². The third kappa shape index (κ3) is 5.27. The van der Waals surface area contributed by atoms with Gasteiger partial charge in [-0.15, -0.1) is 0 Å². The topological polar surface area (TPSA) is 72.9 Å². The molecule has 0 aliphatic rings. The molecule has 0 heterocycles. The highest BCUT2D eigenvalue weighted by Crippen LogP contribution is 2.50. The van der Waals surface area contributed by atoms with Crippen molar-refractivity contribution in [3.63, 3.8) is 0 Å². The monoisotopic (exact) mass is 485 g/mol. The zero-order valence-corrected chi connectivity index (χ0v) is 19.5. The third-order valence-electron chi connectivity index (χ3n) is 4.41. The van der Waals surface area contributed by atoms with Gasteiger partial charge in [-0.05, 0) is 43.5 Å². The summed E-state index contributed by atoms with van der Waals surface area (Å²) in [5, 5.41) is 1.31. The van der Waals surface area contributed by atoms with Gasteiger partial charge in [0.05, 0.1) is 23.8 Å². The number of nitrogens with zero attached hydrogens (tertiary/aromatic N) is 1. The predicted molar refractivity (Wildman–Crippen MR) is 121 cm³/mol. The van der Waals surface area contributed by atoms with Crippen LogP contribution in [0.15, 0.2) is 65.6 Å². The van der Waals surface area contributed by atoms with Crippen LogP contribution >= 0.6 is 19.2 Å². The zero-order valence-electron chi connectivity index (χ0n) is 17.0. The Morgan fingerprint density at radius 2 is 1.65 bits per heavy atom. The lowest BCUT2D eigenvalue weighted by Gasteiger charge is -2.29. The summed E-state index contributed by atoms with van der Waals surface area (Å²) in [5.41, 5.74) is 0.262. The maximum Gasteiger partial charge on any atom is 0.350 e. The van der Waals surface area contributed by atoms with Gasteiger partial charge in [0.15, 0.2) is 0 Å². The van der Waals surface area contributed by atoms with Crippen LogP contribution in [0.25, 0.3) is 10.8 Å². The van der Waals surface area contributed by atoms with Crippen LogP contribution in [0.4, 0.5) is 10.1 Å². The zero-order chi connectivity index (χ0) is 22.6. The first-order valence-electron chi connectivity index (χ1n) is 9.55. The molecule has 0 fully saturated rings. The smallest absolute Gasteiger partial charge is 0.308 e. The molecule has 0 saturated heterocycles. The summed E-state index contributed by atoms with van der Waals surface area (Å²) in [6, 6.07) is 15.3. The van der Waals surface area contributed by atoms with E-state index in [0.29, 0.717) is 5.39 Å². The van der Waals surface area contributed by atoms with Crippen LogP contribution in [0, 0.1) is 5.82 Å². The summed E-state index contributed by atoms with van der Waals surface area (Å²) in [6.07, 6.45) is -0.584. The molecule has 0 bridgehead atoms. The number of halogens is 2. The first-order valence-corrected chi connectivity index (χ1v) is 13.1.